The molecule has 1 aromatic rings. The zero-order valence-corrected chi connectivity index (χ0v) is 14.6. The van der Waals surface area contributed by atoms with Crippen molar-refractivity contribution in [2.45, 2.75) is 37.8 Å². The fraction of sp³-hybridized carbons (Fsp3) is 0.429. The van der Waals surface area contributed by atoms with Gasteiger partial charge in [-0.2, -0.15) is 4.72 Å². The second kappa shape index (κ2) is 7.76. The van der Waals surface area contributed by atoms with Crippen LogP contribution in [0, 0.1) is 0 Å². The molecule has 0 saturated heterocycles. The van der Waals surface area contributed by atoms with Crippen LogP contribution in [0.1, 0.15) is 20.8 Å². The van der Waals surface area contributed by atoms with Crippen molar-refractivity contribution < 1.29 is 23.1 Å². The van der Waals surface area contributed by atoms with Gasteiger partial charge in [0.25, 0.3) is 0 Å². The molecule has 0 fully saturated rings. The third kappa shape index (κ3) is 5.49. The van der Waals surface area contributed by atoms with Gasteiger partial charge in [0, 0.05) is 11.1 Å². The Morgan fingerprint density at radius 3 is 2.17 bits per heavy atom. The monoisotopic (exact) mass is 362 g/mol. The van der Waals surface area contributed by atoms with Gasteiger partial charge in [-0.1, -0.05) is 11.6 Å². The Bertz CT molecular complexity index is 673. The third-order valence-corrected chi connectivity index (χ3v) is 4.85. The number of benzene rings is 1. The molecule has 128 valence electrons. The number of nitrogens with one attached hydrogen (secondary N) is 1. The molecule has 1 rings (SSSR count). The highest BCUT2D eigenvalue weighted by Gasteiger charge is 2.28. The van der Waals surface area contributed by atoms with E-state index in [0.717, 1.165) is 4.90 Å². The van der Waals surface area contributed by atoms with Gasteiger partial charge >= 0.3 is 5.97 Å². The van der Waals surface area contributed by atoms with Crippen molar-refractivity contribution in [1.29, 1.82) is 0 Å². The van der Waals surface area contributed by atoms with Gasteiger partial charge < -0.3 is 10.0 Å². The minimum atomic E-state index is -3.91. The molecule has 0 aliphatic heterocycles. The molecule has 0 bridgehead atoms. The van der Waals surface area contributed by atoms with E-state index in [1.165, 1.54) is 31.2 Å². The molecular weight excluding hydrogens is 344 g/mol. The largest absolute Gasteiger partial charge is 0.480 e. The number of nitrogens with zero attached hydrogens (tertiary/aromatic N) is 1. The highest BCUT2D eigenvalue weighted by atomic mass is 35.5. The van der Waals surface area contributed by atoms with E-state index in [4.69, 9.17) is 16.7 Å². The average molecular weight is 363 g/mol. The minimum absolute atomic E-state index is 0.0316. The number of carbonyl (C=O) groups is 2. The van der Waals surface area contributed by atoms with E-state index in [-0.39, 0.29) is 10.9 Å². The number of rotatable bonds is 7. The minimum Gasteiger partial charge on any atom is -0.480 e. The highest BCUT2D eigenvalue weighted by Crippen LogP contribution is 2.14. The van der Waals surface area contributed by atoms with Crippen molar-refractivity contribution in [3.8, 4) is 0 Å². The molecule has 0 aliphatic rings. The molecule has 2 N–H and O–H groups in total. The van der Waals surface area contributed by atoms with Gasteiger partial charge in [-0.25, -0.2) is 8.42 Å². The molecule has 1 unspecified atom stereocenters. The summed E-state index contributed by atoms with van der Waals surface area (Å²) >= 11 is 5.71. The summed E-state index contributed by atoms with van der Waals surface area (Å²) in [6.45, 7) is 4.18. The first-order valence-corrected chi connectivity index (χ1v) is 8.71. The van der Waals surface area contributed by atoms with Crippen LogP contribution in [-0.2, 0) is 19.6 Å². The molecule has 1 atom stereocenters. The number of hydrogen-bond acceptors (Lipinski definition) is 4. The van der Waals surface area contributed by atoms with Crippen molar-refractivity contribution >= 4 is 33.5 Å². The summed E-state index contributed by atoms with van der Waals surface area (Å²) in [5.74, 6) is -1.78. The number of amides is 1. The quantitative estimate of drug-likeness (QED) is 0.761. The van der Waals surface area contributed by atoms with Crippen LogP contribution in [0.4, 0.5) is 0 Å². The standard InChI is InChI=1S/C14H19ClN2O5S/c1-9(2)17(8-13(18)19)14(20)10(3)16-23(21,22)12-6-4-11(15)5-7-12/h4-7,9-10,16H,8H2,1-3H3,(H,18,19). The Labute approximate surface area is 140 Å². The van der Waals surface area contributed by atoms with Crippen LogP contribution in [0.25, 0.3) is 0 Å². The predicted molar refractivity (Wildman–Crippen MR) is 85.7 cm³/mol. The van der Waals surface area contributed by atoms with Crippen molar-refractivity contribution in [3.05, 3.63) is 29.3 Å². The maximum atomic E-state index is 12.3. The zero-order valence-electron chi connectivity index (χ0n) is 13.0. The smallest absolute Gasteiger partial charge is 0.323 e. The van der Waals surface area contributed by atoms with E-state index in [9.17, 15) is 18.0 Å². The van der Waals surface area contributed by atoms with E-state index < -0.39 is 34.5 Å². The number of sulfonamides is 1. The van der Waals surface area contributed by atoms with Crippen molar-refractivity contribution in [2.75, 3.05) is 6.54 Å². The lowest BCUT2D eigenvalue weighted by atomic mass is 10.2. The Balaban J connectivity index is 2.91. The average Bonchev–Trinajstić information content (AvgIpc) is 2.43. The topological polar surface area (TPSA) is 104 Å². The fourth-order valence-corrected chi connectivity index (χ4v) is 3.20. The lowest BCUT2D eigenvalue weighted by Crippen LogP contribution is -2.50. The molecule has 0 saturated carbocycles. The maximum absolute atomic E-state index is 12.3. The van der Waals surface area contributed by atoms with Crippen LogP contribution >= 0.6 is 11.6 Å². The molecule has 0 spiro atoms. The number of carboxylic acids is 1. The Morgan fingerprint density at radius 1 is 1.22 bits per heavy atom. The first-order valence-electron chi connectivity index (χ1n) is 6.84. The molecule has 1 aromatic carbocycles. The van der Waals surface area contributed by atoms with Gasteiger partial charge in [-0.15, -0.1) is 0 Å². The van der Waals surface area contributed by atoms with E-state index >= 15 is 0 Å². The van der Waals surface area contributed by atoms with Crippen LogP contribution in [-0.4, -0.2) is 48.9 Å². The van der Waals surface area contributed by atoms with Crippen molar-refractivity contribution in [3.63, 3.8) is 0 Å². The van der Waals surface area contributed by atoms with Crippen molar-refractivity contribution in [2.24, 2.45) is 0 Å². The van der Waals surface area contributed by atoms with Crippen LogP contribution in [0.3, 0.4) is 0 Å². The normalized spacial score (nSPS) is 12.9. The molecule has 0 aromatic heterocycles. The van der Waals surface area contributed by atoms with Gasteiger partial charge in [0.15, 0.2) is 0 Å². The SMILES string of the molecule is CC(NS(=O)(=O)c1ccc(Cl)cc1)C(=O)N(CC(=O)O)C(C)C. The summed E-state index contributed by atoms with van der Waals surface area (Å²) in [5, 5.41) is 9.24. The maximum Gasteiger partial charge on any atom is 0.323 e. The molecule has 0 heterocycles. The molecule has 7 nitrogen and oxygen atoms in total. The number of halogens is 1. The molecule has 1 amide bonds. The summed E-state index contributed by atoms with van der Waals surface area (Å²) in [7, 11) is -3.91. The predicted octanol–water partition coefficient (Wildman–Crippen LogP) is 1.33. The first-order chi connectivity index (χ1) is 10.5. The molecule has 9 heteroatoms. The number of hydrogen-bond donors (Lipinski definition) is 2. The van der Waals surface area contributed by atoms with E-state index in [1.807, 2.05) is 0 Å². The Morgan fingerprint density at radius 2 is 1.74 bits per heavy atom. The summed E-state index contributed by atoms with van der Waals surface area (Å²) in [6.07, 6.45) is 0. The van der Waals surface area contributed by atoms with Crippen LogP contribution in [0.5, 0.6) is 0 Å². The van der Waals surface area contributed by atoms with Crippen LogP contribution < -0.4 is 4.72 Å². The molecule has 0 radical (unpaired) electrons. The van der Waals surface area contributed by atoms with Crippen LogP contribution in [0.15, 0.2) is 29.2 Å². The van der Waals surface area contributed by atoms with Gasteiger partial charge in [-0.05, 0) is 45.0 Å². The summed E-state index contributed by atoms with van der Waals surface area (Å²) < 4.78 is 26.7. The fourth-order valence-electron chi connectivity index (χ4n) is 1.87. The van der Waals surface area contributed by atoms with E-state index in [1.54, 1.807) is 13.8 Å². The number of aliphatic carboxylic acids is 1. The summed E-state index contributed by atoms with van der Waals surface area (Å²) in [6, 6.07) is 4.01. The second-order valence-corrected chi connectivity index (χ2v) is 7.40. The van der Waals surface area contributed by atoms with Gasteiger partial charge in [0.2, 0.25) is 15.9 Å². The van der Waals surface area contributed by atoms with Crippen LogP contribution in [0.2, 0.25) is 5.02 Å². The van der Waals surface area contributed by atoms with Crippen molar-refractivity contribution in [1.82, 2.24) is 9.62 Å². The van der Waals surface area contributed by atoms with Gasteiger partial charge in [0.05, 0.1) is 10.9 Å². The molecular formula is C14H19ClN2O5S. The number of carbonyl (C=O) groups excluding carboxylic acids is 1. The Hall–Kier alpha value is -1.64. The zero-order chi connectivity index (χ0) is 17.8. The van der Waals surface area contributed by atoms with E-state index in [0.29, 0.717) is 5.02 Å². The van der Waals surface area contributed by atoms with Gasteiger partial charge in [0.1, 0.15) is 6.54 Å². The molecule has 23 heavy (non-hydrogen) atoms. The number of carboxylic acid groups (broad SMARTS) is 1. The molecule has 0 aliphatic carbocycles. The third-order valence-electron chi connectivity index (χ3n) is 3.04. The summed E-state index contributed by atoms with van der Waals surface area (Å²) in [5.41, 5.74) is 0. The highest BCUT2D eigenvalue weighted by molar-refractivity contribution is 7.89. The Kier molecular flexibility index (Phi) is 6.55. The lowest BCUT2D eigenvalue weighted by Gasteiger charge is -2.28. The second-order valence-electron chi connectivity index (χ2n) is 5.25. The van der Waals surface area contributed by atoms with Gasteiger partial charge in [-0.3, -0.25) is 9.59 Å². The first kappa shape index (κ1) is 19.4. The summed E-state index contributed by atoms with van der Waals surface area (Å²) in [4.78, 5) is 24.2. The lowest BCUT2D eigenvalue weighted by molar-refractivity contribution is -0.146. The van der Waals surface area contributed by atoms with E-state index in [2.05, 4.69) is 4.72 Å².